The van der Waals surface area contributed by atoms with Gasteiger partial charge in [0.05, 0.1) is 5.56 Å². The van der Waals surface area contributed by atoms with Crippen LogP contribution in [0.4, 0.5) is 13.2 Å². The third kappa shape index (κ3) is 5.54. The lowest BCUT2D eigenvalue weighted by atomic mass is 10.0. The van der Waals surface area contributed by atoms with Gasteiger partial charge in [-0.1, -0.05) is 26.0 Å². The van der Waals surface area contributed by atoms with Crippen molar-refractivity contribution < 1.29 is 13.2 Å². The molecule has 25 heavy (non-hydrogen) atoms. The van der Waals surface area contributed by atoms with Gasteiger partial charge in [-0.3, -0.25) is 9.88 Å². The standard InChI is InChI=1S/C19H24F3N3/c1-3-25(4-2)18(14-24-13-15-9-11-23-12-10-15)16-5-7-17(8-6-16)19(20,21)22/h5-12,18,24H,3-4,13-14H2,1-2H3. The van der Waals surface area contributed by atoms with Crippen LogP contribution in [0.25, 0.3) is 0 Å². The molecule has 1 heterocycles. The first-order valence-electron chi connectivity index (χ1n) is 8.46. The van der Waals surface area contributed by atoms with Crippen molar-refractivity contribution in [2.75, 3.05) is 19.6 Å². The zero-order valence-corrected chi connectivity index (χ0v) is 14.6. The largest absolute Gasteiger partial charge is 0.416 e. The molecule has 0 aliphatic heterocycles. The first kappa shape index (κ1) is 19.4. The number of hydrogen-bond donors (Lipinski definition) is 1. The van der Waals surface area contributed by atoms with Crippen LogP contribution >= 0.6 is 0 Å². The maximum absolute atomic E-state index is 12.8. The summed E-state index contributed by atoms with van der Waals surface area (Å²) in [5, 5.41) is 3.40. The third-order valence-electron chi connectivity index (χ3n) is 4.29. The van der Waals surface area contributed by atoms with Crippen LogP contribution in [0.5, 0.6) is 0 Å². The van der Waals surface area contributed by atoms with Crippen LogP contribution in [0, 0.1) is 0 Å². The SMILES string of the molecule is CCN(CC)C(CNCc1ccncc1)c1ccc(C(F)(F)F)cc1. The Bertz CT molecular complexity index is 623. The Morgan fingerprint density at radius 1 is 1.00 bits per heavy atom. The number of nitrogens with zero attached hydrogens (tertiary/aromatic N) is 2. The second-order valence-corrected chi connectivity index (χ2v) is 5.84. The second kappa shape index (κ2) is 8.97. The van der Waals surface area contributed by atoms with Crippen LogP contribution < -0.4 is 5.32 Å². The predicted octanol–water partition coefficient (Wildman–Crippen LogP) is 4.27. The number of aromatic nitrogens is 1. The first-order chi connectivity index (χ1) is 12.0. The fraction of sp³-hybridized carbons (Fsp3) is 0.421. The molecule has 6 heteroatoms. The average Bonchev–Trinajstić information content (AvgIpc) is 2.61. The molecule has 0 spiro atoms. The highest BCUT2D eigenvalue weighted by atomic mass is 19.4. The fourth-order valence-electron chi connectivity index (χ4n) is 2.87. The van der Waals surface area contributed by atoms with Gasteiger partial charge in [0, 0.05) is 31.5 Å². The van der Waals surface area contributed by atoms with E-state index in [4.69, 9.17) is 0 Å². The summed E-state index contributed by atoms with van der Waals surface area (Å²) in [6.07, 6.45) is -0.813. The van der Waals surface area contributed by atoms with E-state index < -0.39 is 11.7 Å². The van der Waals surface area contributed by atoms with Crippen molar-refractivity contribution in [2.24, 2.45) is 0 Å². The lowest BCUT2D eigenvalue weighted by molar-refractivity contribution is -0.137. The molecule has 1 N–H and O–H groups in total. The molecule has 0 fully saturated rings. The summed E-state index contributed by atoms with van der Waals surface area (Å²) in [6.45, 7) is 7.14. The van der Waals surface area contributed by atoms with E-state index in [0.29, 0.717) is 13.1 Å². The molecule has 2 rings (SSSR count). The molecule has 0 amide bonds. The van der Waals surface area contributed by atoms with E-state index >= 15 is 0 Å². The number of benzene rings is 1. The lowest BCUT2D eigenvalue weighted by Gasteiger charge is -2.30. The zero-order valence-electron chi connectivity index (χ0n) is 14.6. The summed E-state index contributed by atoms with van der Waals surface area (Å²) in [4.78, 5) is 6.23. The van der Waals surface area contributed by atoms with Gasteiger partial charge >= 0.3 is 6.18 Å². The molecule has 1 unspecified atom stereocenters. The number of alkyl halides is 3. The molecule has 0 saturated carbocycles. The fourth-order valence-corrected chi connectivity index (χ4v) is 2.87. The highest BCUT2D eigenvalue weighted by molar-refractivity contribution is 5.27. The maximum atomic E-state index is 12.8. The van der Waals surface area contributed by atoms with Crippen molar-refractivity contribution in [3.05, 3.63) is 65.5 Å². The molecular weight excluding hydrogens is 327 g/mol. The molecule has 2 aromatic rings. The van der Waals surface area contributed by atoms with Crippen LogP contribution in [0.3, 0.4) is 0 Å². The van der Waals surface area contributed by atoms with Gasteiger partial charge in [-0.2, -0.15) is 13.2 Å². The van der Waals surface area contributed by atoms with E-state index in [1.54, 1.807) is 24.5 Å². The van der Waals surface area contributed by atoms with E-state index in [0.717, 1.165) is 36.3 Å². The van der Waals surface area contributed by atoms with Crippen molar-refractivity contribution in [2.45, 2.75) is 32.6 Å². The molecular formula is C19H24F3N3. The number of hydrogen-bond acceptors (Lipinski definition) is 3. The summed E-state index contributed by atoms with van der Waals surface area (Å²) in [5.41, 5.74) is 1.40. The van der Waals surface area contributed by atoms with Gasteiger partial charge in [0.1, 0.15) is 0 Å². The minimum Gasteiger partial charge on any atom is -0.311 e. The molecule has 0 bridgehead atoms. The monoisotopic (exact) mass is 351 g/mol. The Labute approximate surface area is 146 Å². The van der Waals surface area contributed by atoms with Gasteiger partial charge in [-0.15, -0.1) is 0 Å². The number of nitrogens with one attached hydrogen (secondary N) is 1. The first-order valence-corrected chi connectivity index (χ1v) is 8.46. The highest BCUT2D eigenvalue weighted by Crippen LogP contribution is 2.30. The molecule has 0 radical (unpaired) electrons. The maximum Gasteiger partial charge on any atom is 0.416 e. The highest BCUT2D eigenvalue weighted by Gasteiger charge is 2.30. The Balaban J connectivity index is 2.10. The summed E-state index contributed by atoms with van der Waals surface area (Å²) >= 11 is 0. The molecule has 1 atom stereocenters. The summed E-state index contributed by atoms with van der Waals surface area (Å²) in [7, 11) is 0. The van der Waals surface area contributed by atoms with Gasteiger partial charge in [0.15, 0.2) is 0 Å². The second-order valence-electron chi connectivity index (χ2n) is 5.84. The van der Waals surface area contributed by atoms with Gasteiger partial charge in [-0.25, -0.2) is 0 Å². The van der Waals surface area contributed by atoms with Crippen molar-refractivity contribution in [3.63, 3.8) is 0 Å². The Morgan fingerprint density at radius 3 is 2.12 bits per heavy atom. The van der Waals surface area contributed by atoms with Crippen LogP contribution in [-0.4, -0.2) is 29.5 Å². The van der Waals surface area contributed by atoms with E-state index in [1.165, 1.54) is 0 Å². The van der Waals surface area contributed by atoms with E-state index in [-0.39, 0.29) is 6.04 Å². The number of likely N-dealkylation sites (N-methyl/N-ethyl adjacent to an activating group) is 1. The van der Waals surface area contributed by atoms with Crippen LogP contribution in [0.2, 0.25) is 0 Å². The van der Waals surface area contributed by atoms with Gasteiger partial charge in [0.25, 0.3) is 0 Å². The minimum atomic E-state index is -4.30. The van der Waals surface area contributed by atoms with Gasteiger partial charge in [-0.05, 0) is 48.5 Å². The molecule has 0 saturated heterocycles. The summed E-state index contributed by atoms with van der Waals surface area (Å²) in [5.74, 6) is 0. The lowest BCUT2D eigenvalue weighted by Crippen LogP contribution is -2.35. The van der Waals surface area contributed by atoms with E-state index in [1.807, 2.05) is 12.1 Å². The van der Waals surface area contributed by atoms with Crippen LogP contribution in [-0.2, 0) is 12.7 Å². The number of halogens is 3. The molecule has 0 aliphatic rings. The van der Waals surface area contributed by atoms with Crippen molar-refractivity contribution >= 4 is 0 Å². The molecule has 136 valence electrons. The van der Waals surface area contributed by atoms with E-state index in [9.17, 15) is 13.2 Å². The molecule has 1 aromatic heterocycles. The predicted molar refractivity (Wildman–Crippen MR) is 93.0 cm³/mol. The topological polar surface area (TPSA) is 28.2 Å². The number of rotatable bonds is 8. The third-order valence-corrected chi connectivity index (χ3v) is 4.29. The summed E-state index contributed by atoms with van der Waals surface area (Å²) in [6, 6.07) is 9.40. The average molecular weight is 351 g/mol. The Morgan fingerprint density at radius 2 is 1.60 bits per heavy atom. The Kier molecular flexibility index (Phi) is 6.96. The van der Waals surface area contributed by atoms with Crippen molar-refractivity contribution in [3.8, 4) is 0 Å². The van der Waals surface area contributed by atoms with Crippen LogP contribution in [0.1, 0.15) is 36.6 Å². The normalized spacial score (nSPS) is 13.2. The molecule has 1 aromatic carbocycles. The summed E-state index contributed by atoms with van der Waals surface area (Å²) < 4.78 is 38.3. The van der Waals surface area contributed by atoms with Gasteiger partial charge < -0.3 is 5.32 Å². The van der Waals surface area contributed by atoms with Crippen LogP contribution in [0.15, 0.2) is 48.8 Å². The van der Waals surface area contributed by atoms with E-state index in [2.05, 4.69) is 29.0 Å². The minimum absolute atomic E-state index is 0.0270. The molecule has 0 aliphatic carbocycles. The molecule has 3 nitrogen and oxygen atoms in total. The zero-order chi connectivity index (χ0) is 18.3. The number of pyridine rings is 1. The Hall–Kier alpha value is -1.92. The quantitative estimate of drug-likeness (QED) is 0.770. The smallest absolute Gasteiger partial charge is 0.311 e. The van der Waals surface area contributed by atoms with Gasteiger partial charge in [0.2, 0.25) is 0 Å². The van der Waals surface area contributed by atoms with Crippen molar-refractivity contribution in [1.29, 1.82) is 0 Å². The van der Waals surface area contributed by atoms with Crippen molar-refractivity contribution in [1.82, 2.24) is 15.2 Å².